The quantitative estimate of drug-likeness (QED) is 0.466. The standard InChI is InChI=1S/C18H10Cl2F5N3O2/c19-9-2-1-3-11(6-9)28-15(18(23,24)25)12(8-26-28)16(29)27-10-4-5-14(13(20)7-10)30-17(21)22/h1-8,17H,(H,27,29). The topological polar surface area (TPSA) is 56.1 Å². The molecule has 1 N–H and O–H groups in total. The van der Waals surface area contributed by atoms with Crippen molar-refractivity contribution in [3.05, 3.63) is 70.0 Å². The van der Waals surface area contributed by atoms with E-state index >= 15 is 0 Å². The molecule has 0 saturated carbocycles. The highest BCUT2D eigenvalue weighted by Crippen LogP contribution is 2.35. The molecular weight excluding hydrogens is 456 g/mol. The van der Waals surface area contributed by atoms with E-state index in [0.29, 0.717) is 4.68 Å². The Morgan fingerprint density at radius 1 is 1.13 bits per heavy atom. The molecule has 0 atom stereocenters. The summed E-state index contributed by atoms with van der Waals surface area (Å²) in [5.74, 6) is -1.48. The van der Waals surface area contributed by atoms with E-state index in [-0.39, 0.29) is 27.2 Å². The molecular formula is C18H10Cl2F5N3O2. The van der Waals surface area contributed by atoms with Crippen LogP contribution in [0.5, 0.6) is 5.75 Å². The number of nitrogens with one attached hydrogen (secondary N) is 1. The molecule has 1 amide bonds. The summed E-state index contributed by atoms with van der Waals surface area (Å²) < 4.78 is 70.3. The molecule has 0 aliphatic rings. The number of hydrogen-bond donors (Lipinski definition) is 1. The van der Waals surface area contributed by atoms with Crippen molar-refractivity contribution in [1.82, 2.24) is 9.78 Å². The molecule has 0 unspecified atom stereocenters. The largest absolute Gasteiger partial charge is 0.434 e. The minimum atomic E-state index is -4.92. The molecule has 2 aromatic carbocycles. The fourth-order valence-corrected chi connectivity index (χ4v) is 2.97. The predicted octanol–water partition coefficient (Wildman–Crippen LogP) is 6.05. The molecule has 1 aromatic heterocycles. The smallest absolute Gasteiger partial charge is 0.433 e. The van der Waals surface area contributed by atoms with E-state index in [1.807, 2.05) is 0 Å². The number of ether oxygens (including phenoxy) is 1. The first-order chi connectivity index (χ1) is 14.1. The van der Waals surface area contributed by atoms with E-state index in [9.17, 15) is 26.7 Å². The van der Waals surface area contributed by atoms with E-state index in [1.165, 1.54) is 24.3 Å². The lowest BCUT2D eigenvalue weighted by Gasteiger charge is -2.13. The van der Waals surface area contributed by atoms with Crippen molar-refractivity contribution in [2.75, 3.05) is 5.32 Å². The van der Waals surface area contributed by atoms with Gasteiger partial charge in [0.05, 0.1) is 22.5 Å². The molecule has 0 aliphatic carbocycles. The van der Waals surface area contributed by atoms with E-state index in [2.05, 4.69) is 15.2 Å². The number of nitrogens with zero attached hydrogens (tertiary/aromatic N) is 2. The van der Waals surface area contributed by atoms with Gasteiger partial charge in [-0.3, -0.25) is 4.79 Å². The van der Waals surface area contributed by atoms with Crippen LogP contribution >= 0.6 is 23.2 Å². The second-order valence-corrected chi connectivity index (χ2v) is 6.62. The Kier molecular flexibility index (Phi) is 6.18. The van der Waals surface area contributed by atoms with Crippen LogP contribution in [0.2, 0.25) is 10.0 Å². The SMILES string of the molecule is O=C(Nc1ccc(OC(F)F)c(Cl)c1)c1cnn(-c2cccc(Cl)c2)c1C(F)(F)F. The molecule has 5 nitrogen and oxygen atoms in total. The minimum Gasteiger partial charge on any atom is -0.433 e. The maximum absolute atomic E-state index is 13.7. The number of anilines is 1. The Balaban J connectivity index is 1.94. The van der Waals surface area contributed by atoms with Gasteiger partial charge in [-0.05, 0) is 36.4 Å². The van der Waals surface area contributed by atoms with E-state index in [1.54, 1.807) is 0 Å². The van der Waals surface area contributed by atoms with Gasteiger partial charge >= 0.3 is 12.8 Å². The van der Waals surface area contributed by atoms with E-state index in [4.69, 9.17) is 23.2 Å². The normalized spacial score (nSPS) is 11.6. The third-order valence-electron chi connectivity index (χ3n) is 3.74. The number of aromatic nitrogens is 2. The van der Waals surface area contributed by atoms with Crippen molar-refractivity contribution in [3.63, 3.8) is 0 Å². The average molecular weight is 466 g/mol. The Morgan fingerprint density at radius 2 is 1.87 bits per heavy atom. The molecule has 0 spiro atoms. The van der Waals surface area contributed by atoms with Gasteiger partial charge in [0.25, 0.3) is 5.91 Å². The van der Waals surface area contributed by atoms with Crippen molar-refractivity contribution < 1.29 is 31.5 Å². The van der Waals surface area contributed by atoms with Crippen LogP contribution in [0.25, 0.3) is 5.69 Å². The zero-order chi connectivity index (χ0) is 22.1. The Bertz CT molecular complexity index is 1090. The Morgan fingerprint density at radius 3 is 2.47 bits per heavy atom. The van der Waals surface area contributed by atoms with E-state index < -0.39 is 30.0 Å². The van der Waals surface area contributed by atoms with Crippen molar-refractivity contribution in [1.29, 1.82) is 0 Å². The van der Waals surface area contributed by atoms with Crippen LogP contribution in [0.15, 0.2) is 48.7 Å². The minimum absolute atomic E-state index is 0.00502. The number of carbonyl (C=O) groups is 1. The van der Waals surface area contributed by atoms with Crippen LogP contribution < -0.4 is 10.1 Å². The molecule has 30 heavy (non-hydrogen) atoms. The number of benzene rings is 2. The molecule has 0 radical (unpaired) electrons. The van der Waals surface area contributed by atoms with Crippen molar-refractivity contribution in [2.45, 2.75) is 12.8 Å². The molecule has 1 heterocycles. The number of carbonyl (C=O) groups excluding carboxylic acids is 1. The van der Waals surface area contributed by atoms with E-state index in [0.717, 1.165) is 24.4 Å². The summed E-state index contributed by atoms with van der Waals surface area (Å²) in [5.41, 5.74) is -2.10. The predicted molar refractivity (Wildman–Crippen MR) is 99.6 cm³/mol. The average Bonchev–Trinajstić information content (AvgIpc) is 3.09. The van der Waals surface area contributed by atoms with Gasteiger partial charge in [0.15, 0.2) is 5.69 Å². The highest BCUT2D eigenvalue weighted by Gasteiger charge is 2.40. The highest BCUT2D eigenvalue weighted by atomic mass is 35.5. The van der Waals surface area contributed by atoms with Crippen molar-refractivity contribution in [2.24, 2.45) is 0 Å². The molecule has 3 rings (SSSR count). The van der Waals surface area contributed by atoms with Gasteiger partial charge in [0, 0.05) is 10.7 Å². The van der Waals surface area contributed by atoms with Gasteiger partial charge in [-0.1, -0.05) is 29.3 Å². The molecule has 12 heteroatoms. The van der Waals surface area contributed by atoms with Gasteiger partial charge in [-0.2, -0.15) is 27.1 Å². The fourth-order valence-electron chi connectivity index (χ4n) is 2.56. The number of rotatable bonds is 5. The lowest BCUT2D eigenvalue weighted by molar-refractivity contribution is -0.143. The first-order valence-electron chi connectivity index (χ1n) is 8.03. The zero-order valence-corrected chi connectivity index (χ0v) is 16.1. The third-order valence-corrected chi connectivity index (χ3v) is 4.27. The van der Waals surface area contributed by atoms with Crippen molar-refractivity contribution >= 4 is 34.8 Å². The number of halogens is 7. The first kappa shape index (κ1) is 21.8. The van der Waals surface area contributed by atoms with Gasteiger partial charge < -0.3 is 10.1 Å². The lowest BCUT2D eigenvalue weighted by atomic mass is 10.2. The molecule has 0 saturated heterocycles. The summed E-state index contributed by atoms with van der Waals surface area (Å²) in [6, 6.07) is 8.77. The molecule has 0 bridgehead atoms. The number of hydrogen-bond acceptors (Lipinski definition) is 3. The highest BCUT2D eigenvalue weighted by molar-refractivity contribution is 6.32. The summed E-state index contributed by atoms with van der Waals surface area (Å²) >= 11 is 11.6. The van der Waals surface area contributed by atoms with Gasteiger partial charge in [-0.25, -0.2) is 4.68 Å². The summed E-state index contributed by atoms with van der Waals surface area (Å²) in [6.45, 7) is -3.12. The first-order valence-corrected chi connectivity index (χ1v) is 8.78. The second-order valence-electron chi connectivity index (χ2n) is 5.77. The van der Waals surface area contributed by atoms with Gasteiger partial charge in [-0.15, -0.1) is 0 Å². The van der Waals surface area contributed by atoms with Crippen LogP contribution in [-0.2, 0) is 6.18 Å². The van der Waals surface area contributed by atoms with Crippen LogP contribution in [0.1, 0.15) is 16.1 Å². The summed E-state index contributed by atoms with van der Waals surface area (Å²) in [7, 11) is 0. The van der Waals surface area contributed by atoms with Gasteiger partial charge in [0.1, 0.15) is 5.75 Å². The van der Waals surface area contributed by atoms with Gasteiger partial charge in [0.2, 0.25) is 0 Å². The van der Waals surface area contributed by atoms with Crippen LogP contribution in [0.3, 0.4) is 0 Å². The molecule has 158 valence electrons. The third kappa shape index (κ3) is 4.82. The zero-order valence-electron chi connectivity index (χ0n) is 14.6. The van der Waals surface area contributed by atoms with Crippen molar-refractivity contribution in [3.8, 4) is 11.4 Å². The summed E-state index contributed by atoms with van der Waals surface area (Å²) in [5, 5.41) is 5.81. The maximum atomic E-state index is 13.7. The Labute approximate surface area is 176 Å². The van der Waals surface area contributed by atoms with Crippen LogP contribution in [0, 0.1) is 0 Å². The second kappa shape index (κ2) is 8.49. The number of amides is 1. The lowest BCUT2D eigenvalue weighted by Crippen LogP contribution is -2.20. The Hall–Kier alpha value is -2.85. The fraction of sp³-hybridized carbons (Fsp3) is 0.111. The van der Waals surface area contributed by atoms with Crippen LogP contribution in [-0.4, -0.2) is 22.3 Å². The summed E-state index contributed by atoms with van der Waals surface area (Å²) in [6.07, 6.45) is -4.16. The molecule has 0 aliphatic heterocycles. The summed E-state index contributed by atoms with van der Waals surface area (Å²) in [4.78, 5) is 12.5. The van der Waals surface area contributed by atoms with Crippen LogP contribution in [0.4, 0.5) is 27.6 Å². The molecule has 0 fully saturated rings. The monoisotopic (exact) mass is 465 g/mol. The maximum Gasteiger partial charge on any atom is 0.434 e. The number of alkyl halides is 5. The molecule has 3 aromatic rings.